The SMILES string of the molecule is C=CC(=O)OCOc1ccc(C(=O)Oc2ccc(-c3ccc(CCC)cc3)cc2)cc1. The van der Waals surface area contributed by atoms with Crippen LogP contribution < -0.4 is 9.47 Å². The molecule has 5 heteroatoms. The van der Waals surface area contributed by atoms with Crippen LogP contribution in [-0.2, 0) is 16.0 Å². The molecule has 0 aliphatic carbocycles. The molecule has 0 bridgehead atoms. The van der Waals surface area contributed by atoms with E-state index in [1.54, 1.807) is 36.4 Å². The summed E-state index contributed by atoms with van der Waals surface area (Å²) in [6.45, 7) is 5.23. The number of hydrogen-bond donors (Lipinski definition) is 0. The molecule has 0 N–H and O–H groups in total. The van der Waals surface area contributed by atoms with Crippen LogP contribution in [0.3, 0.4) is 0 Å². The summed E-state index contributed by atoms with van der Waals surface area (Å²) in [4.78, 5) is 23.4. The largest absolute Gasteiger partial charge is 0.457 e. The molecule has 0 aliphatic rings. The van der Waals surface area contributed by atoms with Crippen molar-refractivity contribution in [2.75, 3.05) is 6.79 Å². The molecule has 3 aromatic rings. The Labute approximate surface area is 181 Å². The lowest BCUT2D eigenvalue weighted by Crippen LogP contribution is -2.09. The van der Waals surface area contributed by atoms with E-state index in [2.05, 4.69) is 37.8 Å². The third-order valence-corrected chi connectivity index (χ3v) is 4.57. The van der Waals surface area contributed by atoms with E-state index in [1.807, 2.05) is 12.1 Å². The first-order valence-corrected chi connectivity index (χ1v) is 10.0. The molecule has 0 atom stereocenters. The molecule has 0 heterocycles. The second-order valence-corrected chi connectivity index (χ2v) is 6.81. The first-order valence-electron chi connectivity index (χ1n) is 10.0. The van der Waals surface area contributed by atoms with Gasteiger partial charge in [0.1, 0.15) is 11.5 Å². The quantitative estimate of drug-likeness (QED) is 0.197. The number of aryl methyl sites for hydroxylation is 1. The van der Waals surface area contributed by atoms with Gasteiger partial charge in [-0.05, 0) is 59.5 Å². The molecule has 0 saturated carbocycles. The van der Waals surface area contributed by atoms with E-state index in [0.29, 0.717) is 17.1 Å². The van der Waals surface area contributed by atoms with Gasteiger partial charge in [0.15, 0.2) is 0 Å². The molecule has 3 rings (SSSR count). The van der Waals surface area contributed by atoms with E-state index < -0.39 is 11.9 Å². The second-order valence-electron chi connectivity index (χ2n) is 6.81. The minimum Gasteiger partial charge on any atom is -0.457 e. The Morgan fingerprint density at radius 2 is 1.42 bits per heavy atom. The summed E-state index contributed by atoms with van der Waals surface area (Å²) in [6.07, 6.45) is 3.25. The third kappa shape index (κ3) is 6.31. The minimum absolute atomic E-state index is 0.234. The van der Waals surface area contributed by atoms with Crippen molar-refractivity contribution < 1.29 is 23.8 Å². The highest BCUT2D eigenvalue weighted by molar-refractivity contribution is 5.91. The van der Waals surface area contributed by atoms with Gasteiger partial charge in [0, 0.05) is 6.08 Å². The van der Waals surface area contributed by atoms with Crippen LogP contribution in [0.2, 0.25) is 0 Å². The Hall–Kier alpha value is -3.86. The van der Waals surface area contributed by atoms with E-state index >= 15 is 0 Å². The van der Waals surface area contributed by atoms with Crippen molar-refractivity contribution in [2.24, 2.45) is 0 Å². The van der Waals surface area contributed by atoms with Crippen LogP contribution in [0.25, 0.3) is 11.1 Å². The number of ether oxygens (including phenoxy) is 3. The number of hydrogen-bond acceptors (Lipinski definition) is 5. The van der Waals surface area contributed by atoms with Crippen LogP contribution in [0.5, 0.6) is 11.5 Å². The fraction of sp³-hybridized carbons (Fsp3) is 0.154. The number of rotatable bonds is 9. The zero-order chi connectivity index (χ0) is 22.1. The lowest BCUT2D eigenvalue weighted by molar-refractivity contribution is -0.144. The highest BCUT2D eigenvalue weighted by atomic mass is 16.7. The molecular formula is C26H24O5. The fourth-order valence-electron chi connectivity index (χ4n) is 2.94. The summed E-state index contributed by atoms with van der Waals surface area (Å²) < 4.78 is 15.5. The Morgan fingerprint density at radius 3 is 2.00 bits per heavy atom. The summed E-state index contributed by atoms with van der Waals surface area (Å²) in [7, 11) is 0. The molecule has 3 aromatic carbocycles. The van der Waals surface area contributed by atoms with E-state index in [-0.39, 0.29) is 6.79 Å². The molecule has 0 amide bonds. The van der Waals surface area contributed by atoms with Gasteiger partial charge in [-0.15, -0.1) is 0 Å². The van der Waals surface area contributed by atoms with Crippen LogP contribution in [0, 0.1) is 0 Å². The van der Waals surface area contributed by atoms with Gasteiger partial charge in [0.05, 0.1) is 5.56 Å². The maximum atomic E-state index is 12.4. The van der Waals surface area contributed by atoms with E-state index in [1.165, 1.54) is 5.56 Å². The lowest BCUT2D eigenvalue weighted by atomic mass is 10.0. The van der Waals surface area contributed by atoms with Crippen molar-refractivity contribution in [1.82, 2.24) is 0 Å². The van der Waals surface area contributed by atoms with Crippen LogP contribution >= 0.6 is 0 Å². The monoisotopic (exact) mass is 416 g/mol. The van der Waals surface area contributed by atoms with Crippen LogP contribution in [0.1, 0.15) is 29.3 Å². The zero-order valence-electron chi connectivity index (χ0n) is 17.4. The number of esters is 2. The summed E-state index contributed by atoms with van der Waals surface area (Å²) in [5, 5.41) is 0. The van der Waals surface area contributed by atoms with Gasteiger partial charge in [0.2, 0.25) is 6.79 Å². The van der Waals surface area contributed by atoms with Gasteiger partial charge in [-0.3, -0.25) is 0 Å². The molecule has 0 aliphatic heterocycles. The molecule has 0 unspecified atom stereocenters. The van der Waals surface area contributed by atoms with Crippen molar-refractivity contribution in [3.05, 3.63) is 96.6 Å². The van der Waals surface area contributed by atoms with Crippen molar-refractivity contribution in [3.63, 3.8) is 0 Å². The molecule has 0 aromatic heterocycles. The molecule has 5 nitrogen and oxygen atoms in total. The fourth-order valence-corrected chi connectivity index (χ4v) is 2.94. The third-order valence-electron chi connectivity index (χ3n) is 4.57. The van der Waals surface area contributed by atoms with Gasteiger partial charge < -0.3 is 14.2 Å². The summed E-state index contributed by atoms with van der Waals surface area (Å²) >= 11 is 0. The van der Waals surface area contributed by atoms with Gasteiger partial charge in [-0.1, -0.05) is 56.3 Å². The average Bonchev–Trinajstić information content (AvgIpc) is 2.80. The van der Waals surface area contributed by atoms with Crippen LogP contribution in [0.4, 0.5) is 0 Å². The maximum Gasteiger partial charge on any atom is 0.343 e. The number of benzene rings is 3. The predicted octanol–water partition coefficient (Wildman–Crippen LogP) is 5.59. The van der Waals surface area contributed by atoms with Crippen molar-refractivity contribution in [3.8, 4) is 22.6 Å². The Balaban J connectivity index is 1.56. The second kappa shape index (κ2) is 10.8. The summed E-state index contributed by atoms with van der Waals surface area (Å²) in [6, 6.07) is 22.3. The number of carbonyl (C=O) groups excluding carboxylic acids is 2. The van der Waals surface area contributed by atoms with E-state index in [9.17, 15) is 9.59 Å². The molecule has 0 fully saturated rings. The standard InChI is InChI=1S/C26H24O5/c1-3-5-19-6-8-20(9-7-19)21-10-16-24(17-11-21)31-26(28)22-12-14-23(15-13-22)29-18-30-25(27)4-2/h4,6-17H,2-3,5,18H2,1H3. The average molecular weight is 416 g/mol. The van der Waals surface area contributed by atoms with Gasteiger partial charge in [0.25, 0.3) is 0 Å². The summed E-state index contributed by atoms with van der Waals surface area (Å²) in [5.74, 6) is -0.114. The van der Waals surface area contributed by atoms with E-state index in [4.69, 9.17) is 14.2 Å². The predicted molar refractivity (Wildman–Crippen MR) is 119 cm³/mol. The Bertz CT molecular complexity index is 1020. The summed E-state index contributed by atoms with van der Waals surface area (Å²) in [5.41, 5.74) is 3.88. The van der Waals surface area contributed by atoms with Crippen LogP contribution in [-0.4, -0.2) is 18.7 Å². The maximum absolute atomic E-state index is 12.4. The van der Waals surface area contributed by atoms with Gasteiger partial charge in [-0.25, -0.2) is 9.59 Å². The smallest absolute Gasteiger partial charge is 0.343 e. The molecule has 31 heavy (non-hydrogen) atoms. The molecule has 158 valence electrons. The highest BCUT2D eigenvalue weighted by Crippen LogP contribution is 2.24. The molecule has 0 saturated heterocycles. The molecule has 0 radical (unpaired) electrons. The first-order chi connectivity index (χ1) is 15.1. The van der Waals surface area contributed by atoms with Gasteiger partial charge in [-0.2, -0.15) is 0 Å². The Morgan fingerprint density at radius 1 is 0.839 bits per heavy atom. The zero-order valence-corrected chi connectivity index (χ0v) is 17.4. The topological polar surface area (TPSA) is 61.8 Å². The van der Waals surface area contributed by atoms with Crippen molar-refractivity contribution in [2.45, 2.75) is 19.8 Å². The van der Waals surface area contributed by atoms with Gasteiger partial charge >= 0.3 is 11.9 Å². The first kappa shape index (κ1) is 21.8. The van der Waals surface area contributed by atoms with E-state index in [0.717, 1.165) is 30.0 Å². The normalized spacial score (nSPS) is 10.2. The van der Waals surface area contributed by atoms with Crippen LogP contribution in [0.15, 0.2) is 85.5 Å². The number of carbonyl (C=O) groups is 2. The molecule has 0 spiro atoms. The Kier molecular flexibility index (Phi) is 7.60. The van der Waals surface area contributed by atoms with Crippen molar-refractivity contribution in [1.29, 1.82) is 0 Å². The highest BCUT2D eigenvalue weighted by Gasteiger charge is 2.09. The lowest BCUT2D eigenvalue weighted by Gasteiger charge is -2.08. The minimum atomic E-state index is -0.570. The molecular weight excluding hydrogens is 392 g/mol. The van der Waals surface area contributed by atoms with Crippen molar-refractivity contribution >= 4 is 11.9 Å².